The fourth-order valence-corrected chi connectivity index (χ4v) is 2.84. The molecule has 0 spiro atoms. The van der Waals surface area contributed by atoms with Crippen molar-refractivity contribution < 1.29 is 4.74 Å². The van der Waals surface area contributed by atoms with Gasteiger partial charge in [-0.05, 0) is 39.0 Å². The third-order valence-corrected chi connectivity index (χ3v) is 3.92. The zero-order valence-electron chi connectivity index (χ0n) is 11.0. The Hall–Kier alpha value is -1.09. The highest BCUT2D eigenvalue weighted by atomic mass is 16.5. The topological polar surface area (TPSA) is 48.1 Å². The minimum atomic E-state index is 0.350. The summed E-state index contributed by atoms with van der Waals surface area (Å²) in [7, 11) is 1.72. The lowest BCUT2D eigenvalue weighted by molar-refractivity contribution is 0.404. The Balaban J connectivity index is 2.21. The Labute approximate surface area is 103 Å². The molecule has 1 saturated carbocycles. The molecular formula is C14H22N2O. The molecule has 1 aliphatic carbocycles. The first-order valence-electron chi connectivity index (χ1n) is 6.38. The van der Waals surface area contributed by atoms with E-state index in [9.17, 15) is 0 Å². The number of methoxy groups -OCH3 is 1. The summed E-state index contributed by atoms with van der Waals surface area (Å²) < 4.78 is 5.44. The summed E-state index contributed by atoms with van der Waals surface area (Å²) in [6.07, 6.45) is 6.55. The number of aryl methyl sites for hydroxylation is 1. The summed E-state index contributed by atoms with van der Waals surface area (Å²) in [6.45, 7) is 4.12. The van der Waals surface area contributed by atoms with Gasteiger partial charge in [0.15, 0.2) is 0 Å². The van der Waals surface area contributed by atoms with Crippen LogP contribution in [0.5, 0.6) is 5.75 Å². The minimum absolute atomic E-state index is 0.350. The Morgan fingerprint density at radius 2 is 2.18 bits per heavy atom. The van der Waals surface area contributed by atoms with Crippen molar-refractivity contribution in [2.45, 2.75) is 45.6 Å². The van der Waals surface area contributed by atoms with E-state index in [1.165, 1.54) is 18.4 Å². The number of nitrogens with two attached hydrogens (primary N) is 1. The first kappa shape index (κ1) is 12.4. The van der Waals surface area contributed by atoms with Crippen LogP contribution in [-0.4, -0.2) is 18.1 Å². The van der Waals surface area contributed by atoms with Crippen LogP contribution in [0, 0.1) is 19.8 Å². The van der Waals surface area contributed by atoms with Crippen LogP contribution in [0.2, 0.25) is 0 Å². The Morgan fingerprint density at radius 1 is 1.41 bits per heavy atom. The van der Waals surface area contributed by atoms with E-state index in [0.717, 1.165) is 29.8 Å². The van der Waals surface area contributed by atoms with Gasteiger partial charge in [-0.3, -0.25) is 4.98 Å². The zero-order chi connectivity index (χ0) is 12.4. The molecule has 17 heavy (non-hydrogen) atoms. The Kier molecular flexibility index (Phi) is 3.67. The zero-order valence-corrected chi connectivity index (χ0v) is 11.0. The summed E-state index contributed by atoms with van der Waals surface area (Å²) in [6, 6.07) is 0.350. The van der Waals surface area contributed by atoms with Crippen LogP contribution < -0.4 is 10.5 Å². The standard InChI is InChI=1S/C14H22N2O/c1-9-8-16-13(10(2)14(9)17-3)7-11-5-4-6-12(11)15/h8,11-12H,4-7,15H2,1-3H3. The van der Waals surface area contributed by atoms with Crippen LogP contribution in [0.4, 0.5) is 0 Å². The molecule has 0 amide bonds. The van der Waals surface area contributed by atoms with Gasteiger partial charge in [-0.25, -0.2) is 0 Å². The molecule has 3 nitrogen and oxygen atoms in total. The maximum atomic E-state index is 6.12. The number of nitrogens with zero attached hydrogens (tertiary/aromatic N) is 1. The van der Waals surface area contributed by atoms with Crippen molar-refractivity contribution >= 4 is 0 Å². The van der Waals surface area contributed by atoms with Crippen LogP contribution in [0.15, 0.2) is 6.20 Å². The molecule has 1 aromatic heterocycles. The Bertz CT molecular complexity index is 403. The highest BCUT2D eigenvalue weighted by Gasteiger charge is 2.25. The van der Waals surface area contributed by atoms with Crippen LogP contribution in [-0.2, 0) is 6.42 Å². The SMILES string of the molecule is COc1c(C)cnc(CC2CCCC2N)c1C. The number of aromatic nitrogens is 1. The maximum absolute atomic E-state index is 6.12. The molecule has 0 radical (unpaired) electrons. The molecule has 94 valence electrons. The molecule has 0 aromatic carbocycles. The molecule has 1 aromatic rings. The van der Waals surface area contributed by atoms with Crippen LogP contribution in [0.3, 0.4) is 0 Å². The molecule has 1 heterocycles. The summed E-state index contributed by atoms with van der Waals surface area (Å²) >= 11 is 0. The van der Waals surface area contributed by atoms with Crippen molar-refractivity contribution in [3.05, 3.63) is 23.0 Å². The van der Waals surface area contributed by atoms with Crippen molar-refractivity contribution in [2.75, 3.05) is 7.11 Å². The van der Waals surface area contributed by atoms with E-state index in [4.69, 9.17) is 10.5 Å². The van der Waals surface area contributed by atoms with Gasteiger partial charge in [0, 0.05) is 29.1 Å². The van der Waals surface area contributed by atoms with Gasteiger partial charge in [0.25, 0.3) is 0 Å². The van der Waals surface area contributed by atoms with E-state index in [1.807, 2.05) is 13.1 Å². The highest BCUT2D eigenvalue weighted by molar-refractivity contribution is 5.41. The van der Waals surface area contributed by atoms with E-state index in [1.54, 1.807) is 7.11 Å². The molecular weight excluding hydrogens is 212 g/mol. The van der Waals surface area contributed by atoms with E-state index in [-0.39, 0.29) is 0 Å². The van der Waals surface area contributed by atoms with Gasteiger partial charge >= 0.3 is 0 Å². The average Bonchev–Trinajstić information content (AvgIpc) is 2.69. The number of hydrogen-bond acceptors (Lipinski definition) is 3. The van der Waals surface area contributed by atoms with Gasteiger partial charge in [-0.1, -0.05) is 6.42 Å². The largest absolute Gasteiger partial charge is 0.496 e. The van der Waals surface area contributed by atoms with Gasteiger partial charge in [0.05, 0.1) is 7.11 Å². The lowest BCUT2D eigenvalue weighted by Crippen LogP contribution is -2.26. The van der Waals surface area contributed by atoms with Gasteiger partial charge in [-0.2, -0.15) is 0 Å². The van der Waals surface area contributed by atoms with Crippen molar-refractivity contribution in [1.82, 2.24) is 4.98 Å². The minimum Gasteiger partial charge on any atom is -0.496 e. The summed E-state index contributed by atoms with van der Waals surface area (Å²) in [5.74, 6) is 1.56. The molecule has 2 N–H and O–H groups in total. The smallest absolute Gasteiger partial charge is 0.128 e. The molecule has 0 saturated heterocycles. The van der Waals surface area contributed by atoms with E-state index >= 15 is 0 Å². The fraction of sp³-hybridized carbons (Fsp3) is 0.643. The first-order valence-corrected chi connectivity index (χ1v) is 6.38. The first-order chi connectivity index (χ1) is 8.13. The molecule has 0 aliphatic heterocycles. The number of rotatable bonds is 3. The summed E-state index contributed by atoms with van der Waals surface area (Å²) in [4.78, 5) is 4.55. The summed E-state index contributed by atoms with van der Waals surface area (Å²) in [5.41, 5.74) is 9.54. The fourth-order valence-electron chi connectivity index (χ4n) is 2.84. The quantitative estimate of drug-likeness (QED) is 0.873. The van der Waals surface area contributed by atoms with Crippen molar-refractivity contribution in [3.8, 4) is 5.75 Å². The van der Waals surface area contributed by atoms with Crippen molar-refractivity contribution in [1.29, 1.82) is 0 Å². The highest BCUT2D eigenvalue weighted by Crippen LogP contribution is 2.30. The molecule has 2 rings (SSSR count). The number of ether oxygens (including phenoxy) is 1. The molecule has 1 fully saturated rings. The third-order valence-electron chi connectivity index (χ3n) is 3.92. The van der Waals surface area contributed by atoms with E-state index in [2.05, 4.69) is 11.9 Å². The van der Waals surface area contributed by atoms with Crippen molar-refractivity contribution in [2.24, 2.45) is 11.7 Å². The van der Waals surface area contributed by atoms with Crippen LogP contribution in [0.1, 0.15) is 36.1 Å². The van der Waals surface area contributed by atoms with Gasteiger partial charge < -0.3 is 10.5 Å². The molecule has 2 atom stereocenters. The monoisotopic (exact) mass is 234 g/mol. The molecule has 0 bridgehead atoms. The molecule has 2 unspecified atom stereocenters. The average molecular weight is 234 g/mol. The molecule has 1 aliphatic rings. The number of hydrogen-bond donors (Lipinski definition) is 1. The maximum Gasteiger partial charge on any atom is 0.128 e. The van der Waals surface area contributed by atoms with Crippen LogP contribution >= 0.6 is 0 Å². The third kappa shape index (κ3) is 2.44. The van der Waals surface area contributed by atoms with E-state index < -0.39 is 0 Å². The second-order valence-corrected chi connectivity index (χ2v) is 5.11. The predicted molar refractivity (Wildman–Crippen MR) is 69.3 cm³/mol. The van der Waals surface area contributed by atoms with E-state index in [0.29, 0.717) is 12.0 Å². The number of pyridine rings is 1. The molecule has 3 heteroatoms. The van der Waals surface area contributed by atoms with Gasteiger partial charge in [0.2, 0.25) is 0 Å². The van der Waals surface area contributed by atoms with Crippen LogP contribution in [0.25, 0.3) is 0 Å². The summed E-state index contributed by atoms with van der Waals surface area (Å²) in [5, 5.41) is 0. The normalized spacial score (nSPS) is 24.0. The van der Waals surface area contributed by atoms with Gasteiger partial charge in [-0.15, -0.1) is 0 Å². The second-order valence-electron chi connectivity index (χ2n) is 5.11. The Morgan fingerprint density at radius 3 is 2.76 bits per heavy atom. The lowest BCUT2D eigenvalue weighted by Gasteiger charge is -2.18. The lowest BCUT2D eigenvalue weighted by atomic mass is 9.95. The predicted octanol–water partition coefficient (Wildman–Crippen LogP) is 2.38. The van der Waals surface area contributed by atoms with Gasteiger partial charge in [0.1, 0.15) is 5.75 Å². The van der Waals surface area contributed by atoms with Crippen molar-refractivity contribution in [3.63, 3.8) is 0 Å². The second kappa shape index (κ2) is 5.05.